The predicted molar refractivity (Wildman–Crippen MR) is 136 cm³/mol. The van der Waals surface area contributed by atoms with Crippen LogP contribution in [0.5, 0.6) is 0 Å². The molecular formula is C25H28ClFN4O3S. The Morgan fingerprint density at radius 3 is 2.34 bits per heavy atom. The summed E-state index contributed by atoms with van der Waals surface area (Å²) in [6.07, 6.45) is 0.183. The molecule has 0 aliphatic carbocycles. The van der Waals surface area contributed by atoms with Gasteiger partial charge < -0.3 is 9.64 Å². The van der Waals surface area contributed by atoms with Gasteiger partial charge in [0.15, 0.2) is 5.82 Å². The first-order chi connectivity index (χ1) is 16.8. The van der Waals surface area contributed by atoms with Crippen molar-refractivity contribution in [2.75, 3.05) is 43.9 Å². The fourth-order valence-corrected chi connectivity index (χ4v) is 5.49. The first-order valence-corrected chi connectivity index (χ1v) is 13.4. The Kier molecular flexibility index (Phi) is 8.01. The maximum Gasteiger partial charge on any atom is 0.213 e. The summed E-state index contributed by atoms with van der Waals surface area (Å²) in [5, 5.41) is 0.324. The van der Waals surface area contributed by atoms with Crippen LogP contribution in [0, 0.1) is 5.82 Å². The molecule has 0 atom stereocenters. The van der Waals surface area contributed by atoms with Gasteiger partial charge in [-0.3, -0.25) is 0 Å². The number of sulfonamides is 1. The van der Waals surface area contributed by atoms with Crippen molar-refractivity contribution in [2.45, 2.75) is 20.0 Å². The Morgan fingerprint density at radius 2 is 1.71 bits per heavy atom. The topological polar surface area (TPSA) is 75.6 Å². The summed E-state index contributed by atoms with van der Waals surface area (Å²) in [4.78, 5) is 11.7. The lowest BCUT2D eigenvalue weighted by Gasteiger charge is -2.36. The Labute approximate surface area is 210 Å². The van der Waals surface area contributed by atoms with Gasteiger partial charge in [0.1, 0.15) is 11.6 Å². The van der Waals surface area contributed by atoms with E-state index < -0.39 is 15.8 Å². The number of aromatic nitrogens is 2. The minimum Gasteiger partial charge on any atom is -0.378 e. The van der Waals surface area contributed by atoms with Gasteiger partial charge in [-0.1, -0.05) is 48.0 Å². The number of methoxy groups -OCH3 is 1. The average Bonchev–Trinajstić information content (AvgIpc) is 2.87. The van der Waals surface area contributed by atoms with Crippen LogP contribution in [0.25, 0.3) is 11.4 Å². The Balaban J connectivity index is 1.81. The van der Waals surface area contributed by atoms with Crippen LogP contribution in [0.4, 0.5) is 10.2 Å². The van der Waals surface area contributed by atoms with E-state index in [0.717, 1.165) is 5.56 Å². The molecule has 1 aliphatic heterocycles. The van der Waals surface area contributed by atoms with Crippen molar-refractivity contribution < 1.29 is 17.5 Å². The van der Waals surface area contributed by atoms with Gasteiger partial charge in [-0.05, 0) is 19.1 Å². The molecule has 0 saturated carbocycles. The second-order valence-electron chi connectivity index (χ2n) is 8.26. The van der Waals surface area contributed by atoms with Gasteiger partial charge in [0.05, 0.1) is 18.1 Å². The Bertz CT molecular complexity index is 1260. The second kappa shape index (κ2) is 11.0. The van der Waals surface area contributed by atoms with Gasteiger partial charge in [-0.15, -0.1) is 0 Å². The van der Waals surface area contributed by atoms with E-state index in [1.165, 1.54) is 10.4 Å². The number of hydrogen-bond acceptors (Lipinski definition) is 6. The fourth-order valence-electron chi connectivity index (χ4n) is 4.17. The predicted octanol–water partition coefficient (Wildman–Crippen LogP) is 4.15. The molecule has 0 bridgehead atoms. The Hall–Kier alpha value is -2.59. The minimum absolute atomic E-state index is 0.0632. The van der Waals surface area contributed by atoms with E-state index in [1.54, 1.807) is 26.2 Å². The molecule has 2 aromatic carbocycles. The zero-order valence-corrected chi connectivity index (χ0v) is 21.3. The quantitative estimate of drug-likeness (QED) is 0.446. The van der Waals surface area contributed by atoms with Crippen LogP contribution in [0.15, 0.2) is 48.5 Å². The van der Waals surface area contributed by atoms with Crippen LogP contribution < -0.4 is 4.90 Å². The van der Waals surface area contributed by atoms with Crippen molar-refractivity contribution in [2.24, 2.45) is 0 Å². The molecule has 2 heterocycles. The zero-order valence-electron chi connectivity index (χ0n) is 19.7. The average molecular weight is 519 g/mol. The number of piperazine rings is 1. The minimum atomic E-state index is -3.28. The molecule has 1 fully saturated rings. The number of hydrogen-bond donors (Lipinski definition) is 0. The molecular weight excluding hydrogens is 491 g/mol. The highest BCUT2D eigenvalue weighted by atomic mass is 35.5. The lowest BCUT2D eigenvalue weighted by Crippen LogP contribution is -2.49. The van der Waals surface area contributed by atoms with Crippen molar-refractivity contribution in [1.82, 2.24) is 14.3 Å². The van der Waals surface area contributed by atoms with Crippen LogP contribution in [-0.2, 0) is 27.8 Å². The van der Waals surface area contributed by atoms with E-state index in [1.807, 2.05) is 35.2 Å². The van der Waals surface area contributed by atoms with Gasteiger partial charge in [0.2, 0.25) is 10.0 Å². The van der Waals surface area contributed by atoms with E-state index in [-0.39, 0.29) is 18.8 Å². The molecule has 10 heteroatoms. The molecule has 0 radical (unpaired) electrons. The van der Waals surface area contributed by atoms with Crippen molar-refractivity contribution in [1.29, 1.82) is 0 Å². The van der Waals surface area contributed by atoms with Gasteiger partial charge in [-0.2, -0.15) is 4.31 Å². The molecule has 35 heavy (non-hydrogen) atoms. The largest absolute Gasteiger partial charge is 0.378 e. The standard InChI is InChI=1S/C25H28ClFN4O3S/c1-3-35(32,33)31-14-12-30(13-15-31)25-20(16-19-21(26)10-7-11-22(19)27)23(17-34-2)28-24(29-25)18-8-5-4-6-9-18/h4-11H,3,12-17H2,1-2H3. The zero-order chi connectivity index (χ0) is 25.0. The van der Waals surface area contributed by atoms with Crippen molar-refractivity contribution in [3.05, 3.63) is 76.2 Å². The number of anilines is 1. The highest BCUT2D eigenvalue weighted by Crippen LogP contribution is 2.32. The highest BCUT2D eigenvalue weighted by Gasteiger charge is 2.29. The summed E-state index contributed by atoms with van der Waals surface area (Å²) in [7, 11) is -1.70. The molecule has 7 nitrogen and oxygen atoms in total. The molecule has 0 spiro atoms. The molecule has 0 N–H and O–H groups in total. The van der Waals surface area contributed by atoms with Crippen molar-refractivity contribution in [3.63, 3.8) is 0 Å². The fraction of sp³-hybridized carbons (Fsp3) is 0.360. The molecule has 1 aliphatic rings. The van der Waals surface area contributed by atoms with Crippen molar-refractivity contribution in [3.8, 4) is 11.4 Å². The van der Waals surface area contributed by atoms with E-state index in [0.29, 0.717) is 59.7 Å². The molecule has 1 saturated heterocycles. The summed E-state index contributed by atoms with van der Waals surface area (Å²) < 4.78 is 46.4. The summed E-state index contributed by atoms with van der Waals surface area (Å²) in [5.74, 6) is 0.824. The van der Waals surface area contributed by atoms with Crippen LogP contribution in [0.1, 0.15) is 23.7 Å². The molecule has 3 aromatic rings. The molecule has 4 rings (SSSR count). The van der Waals surface area contributed by atoms with Crippen LogP contribution >= 0.6 is 11.6 Å². The first-order valence-electron chi connectivity index (χ1n) is 11.4. The third-order valence-electron chi connectivity index (χ3n) is 6.10. The smallest absolute Gasteiger partial charge is 0.213 e. The van der Waals surface area contributed by atoms with Crippen LogP contribution in [0.3, 0.4) is 0 Å². The number of halogens is 2. The number of ether oxygens (including phenoxy) is 1. The van der Waals surface area contributed by atoms with Gasteiger partial charge >= 0.3 is 0 Å². The highest BCUT2D eigenvalue weighted by molar-refractivity contribution is 7.89. The van der Waals surface area contributed by atoms with E-state index in [9.17, 15) is 12.8 Å². The summed E-state index contributed by atoms with van der Waals surface area (Å²) in [6.45, 7) is 3.46. The lowest BCUT2D eigenvalue weighted by molar-refractivity contribution is 0.180. The second-order valence-corrected chi connectivity index (χ2v) is 10.9. The summed E-state index contributed by atoms with van der Waals surface area (Å²) >= 11 is 6.36. The molecule has 0 amide bonds. The Morgan fingerprint density at radius 1 is 1.00 bits per heavy atom. The van der Waals surface area contributed by atoms with Gasteiger partial charge in [0, 0.05) is 61.4 Å². The van der Waals surface area contributed by atoms with E-state index in [4.69, 9.17) is 26.3 Å². The molecule has 1 aromatic heterocycles. The van der Waals surface area contributed by atoms with E-state index >= 15 is 0 Å². The molecule has 0 unspecified atom stereocenters. The molecule has 186 valence electrons. The third kappa shape index (κ3) is 5.64. The van der Waals surface area contributed by atoms with Crippen LogP contribution in [0.2, 0.25) is 5.02 Å². The van der Waals surface area contributed by atoms with Crippen LogP contribution in [-0.4, -0.2) is 61.7 Å². The first kappa shape index (κ1) is 25.5. The third-order valence-corrected chi connectivity index (χ3v) is 8.33. The SMILES string of the molecule is CCS(=O)(=O)N1CCN(c2nc(-c3ccccc3)nc(COC)c2Cc2c(F)cccc2Cl)CC1. The summed E-state index contributed by atoms with van der Waals surface area (Å²) in [5.41, 5.74) is 2.55. The summed E-state index contributed by atoms with van der Waals surface area (Å²) in [6, 6.07) is 14.2. The maximum absolute atomic E-state index is 14.7. The van der Waals surface area contributed by atoms with Crippen molar-refractivity contribution >= 4 is 27.4 Å². The normalized spacial score (nSPS) is 14.9. The number of rotatable bonds is 8. The number of benzene rings is 2. The monoisotopic (exact) mass is 518 g/mol. The van der Waals surface area contributed by atoms with Gasteiger partial charge in [-0.25, -0.2) is 22.8 Å². The lowest BCUT2D eigenvalue weighted by atomic mass is 10.0. The maximum atomic E-state index is 14.7. The number of nitrogens with zero attached hydrogens (tertiary/aromatic N) is 4. The van der Waals surface area contributed by atoms with Gasteiger partial charge in [0.25, 0.3) is 0 Å². The van der Waals surface area contributed by atoms with E-state index in [2.05, 4.69) is 0 Å².